The molecule has 0 aliphatic heterocycles. The lowest BCUT2D eigenvalue weighted by atomic mass is 10.0. The van der Waals surface area contributed by atoms with Crippen LogP contribution >= 0.6 is 0 Å². The highest BCUT2D eigenvalue weighted by atomic mass is 16.3. The summed E-state index contributed by atoms with van der Waals surface area (Å²) in [6.45, 7) is 4.50. The second-order valence-corrected chi connectivity index (χ2v) is 10.9. The van der Waals surface area contributed by atoms with E-state index in [1.165, 1.54) is 20.8 Å². The van der Waals surface area contributed by atoms with Gasteiger partial charge in [0.05, 0.1) is 18.2 Å². The average Bonchev–Trinajstić information content (AvgIpc) is 2.97. The summed E-state index contributed by atoms with van der Waals surface area (Å²) in [4.78, 5) is 91.1. The molecule has 0 aromatic carbocycles. The minimum absolute atomic E-state index is 0.0524. The van der Waals surface area contributed by atoms with E-state index in [4.69, 9.17) is 28.7 Å². The molecule has 19 nitrogen and oxygen atoms in total. The molecule has 0 radical (unpaired) electrons. The van der Waals surface area contributed by atoms with Crippen LogP contribution in [0.2, 0.25) is 0 Å². The van der Waals surface area contributed by atoms with Crippen LogP contribution in [-0.4, -0.2) is 108 Å². The number of carbonyl (C=O) groups is 7. The molecule has 0 fully saturated rings. The molecule has 0 saturated heterocycles. The maximum Gasteiger partial charge on any atom is 0.245 e. The topological polar surface area (TPSA) is 342 Å². The Balaban J connectivity index is 5.98. The van der Waals surface area contributed by atoms with Crippen LogP contribution in [0.15, 0.2) is 4.99 Å². The van der Waals surface area contributed by atoms with E-state index in [1.807, 2.05) is 0 Å². The molecule has 0 aromatic rings. The van der Waals surface area contributed by atoms with E-state index in [2.05, 4.69) is 31.6 Å². The van der Waals surface area contributed by atoms with Crippen molar-refractivity contribution in [1.29, 1.82) is 0 Å². The number of primary amides is 1. The Morgan fingerprint density at radius 3 is 1.72 bits per heavy atom. The molecule has 0 bridgehead atoms. The number of hydrogen-bond donors (Lipinski definition) is 11. The van der Waals surface area contributed by atoms with Crippen molar-refractivity contribution in [2.45, 2.75) is 108 Å². The molecule has 0 aliphatic carbocycles. The first-order valence-electron chi connectivity index (χ1n) is 15.0. The number of nitrogens with one attached hydrogen (secondary N) is 5. The van der Waals surface area contributed by atoms with Gasteiger partial charge in [0.2, 0.25) is 35.4 Å². The van der Waals surface area contributed by atoms with Gasteiger partial charge in [0.1, 0.15) is 30.5 Å². The van der Waals surface area contributed by atoms with Gasteiger partial charge in [0, 0.05) is 13.0 Å². The molecule has 0 unspecified atom stereocenters. The normalized spacial score (nSPS) is 15.3. The van der Waals surface area contributed by atoms with Crippen LogP contribution in [0, 0.1) is 0 Å². The number of carbonyl (C=O) groups excluding carboxylic acids is 7. The van der Waals surface area contributed by atoms with Gasteiger partial charge in [0.25, 0.3) is 0 Å². The van der Waals surface area contributed by atoms with Crippen LogP contribution < -0.4 is 55.3 Å². The second kappa shape index (κ2) is 22.2. The van der Waals surface area contributed by atoms with Crippen LogP contribution in [0.3, 0.4) is 0 Å². The standard InChI is InChI=1S/C27H51N11O8/c1-14(13-39)34-23(43)19(9-10-20(30)41)36-24(44)17(7-4-5-11-28)37-26(46)21(16(3)40)38-25(45)18(35-22(42)15(2)29)8-6-12-33-27(31)32/h13-19,21,40H,4-12,28-29H2,1-3H3,(H2,30,41)(H,34,43)(H,35,42)(H,36,44)(H,37,46)(H,38,45)(H4,31,32,33)/t14-,15-,16+,17-,18-,19-,21-/m0/s1. The van der Waals surface area contributed by atoms with Crippen molar-refractivity contribution in [2.75, 3.05) is 13.1 Å². The molecule has 0 spiro atoms. The zero-order valence-corrected chi connectivity index (χ0v) is 26.6. The molecule has 0 rings (SSSR count). The molecule has 16 N–H and O–H groups in total. The minimum Gasteiger partial charge on any atom is -0.391 e. The van der Waals surface area contributed by atoms with E-state index < -0.39 is 77.8 Å². The average molecular weight is 658 g/mol. The number of rotatable bonds is 23. The molecule has 0 saturated carbocycles. The monoisotopic (exact) mass is 657 g/mol. The number of amides is 6. The van der Waals surface area contributed by atoms with Crippen molar-refractivity contribution in [3.05, 3.63) is 0 Å². The van der Waals surface area contributed by atoms with Crippen molar-refractivity contribution in [1.82, 2.24) is 26.6 Å². The van der Waals surface area contributed by atoms with Gasteiger partial charge < -0.3 is 65.2 Å². The minimum atomic E-state index is -1.58. The molecule has 6 amide bonds. The molecular weight excluding hydrogens is 606 g/mol. The van der Waals surface area contributed by atoms with E-state index in [-0.39, 0.29) is 44.6 Å². The van der Waals surface area contributed by atoms with Crippen molar-refractivity contribution < 1.29 is 38.7 Å². The Hall–Kier alpha value is -4.36. The van der Waals surface area contributed by atoms with Gasteiger partial charge in [-0.3, -0.25) is 33.8 Å². The van der Waals surface area contributed by atoms with Gasteiger partial charge in [-0.15, -0.1) is 0 Å². The quantitative estimate of drug-likeness (QED) is 0.0213. The predicted octanol–water partition coefficient (Wildman–Crippen LogP) is -5.19. The van der Waals surface area contributed by atoms with Crippen LogP contribution in [0.4, 0.5) is 0 Å². The van der Waals surface area contributed by atoms with Crippen LogP contribution in [-0.2, 0) is 33.6 Å². The van der Waals surface area contributed by atoms with Crippen molar-refractivity contribution in [3.63, 3.8) is 0 Å². The van der Waals surface area contributed by atoms with E-state index in [0.717, 1.165) is 0 Å². The molecule has 46 heavy (non-hydrogen) atoms. The van der Waals surface area contributed by atoms with Gasteiger partial charge in [-0.05, 0) is 65.8 Å². The lowest BCUT2D eigenvalue weighted by molar-refractivity contribution is -0.136. The van der Waals surface area contributed by atoms with Gasteiger partial charge in [0.15, 0.2) is 5.96 Å². The third-order valence-corrected chi connectivity index (χ3v) is 6.52. The number of aliphatic hydroxyl groups excluding tert-OH is 1. The smallest absolute Gasteiger partial charge is 0.245 e. The van der Waals surface area contributed by atoms with Crippen molar-refractivity contribution >= 4 is 47.7 Å². The van der Waals surface area contributed by atoms with E-state index >= 15 is 0 Å². The van der Waals surface area contributed by atoms with Gasteiger partial charge in [-0.25, -0.2) is 0 Å². The van der Waals surface area contributed by atoms with E-state index in [9.17, 15) is 38.7 Å². The first-order chi connectivity index (χ1) is 21.5. The molecule has 0 aliphatic rings. The summed E-state index contributed by atoms with van der Waals surface area (Å²) in [6.07, 6.45) is -0.197. The van der Waals surface area contributed by atoms with Crippen LogP contribution in [0.25, 0.3) is 0 Å². The van der Waals surface area contributed by atoms with Crippen LogP contribution in [0.5, 0.6) is 0 Å². The summed E-state index contributed by atoms with van der Waals surface area (Å²) < 4.78 is 0. The summed E-state index contributed by atoms with van der Waals surface area (Å²) in [5.41, 5.74) is 27.0. The molecule has 19 heteroatoms. The Morgan fingerprint density at radius 2 is 1.22 bits per heavy atom. The van der Waals surface area contributed by atoms with E-state index in [0.29, 0.717) is 25.7 Å². The first kappa shape index (κ1) is 41.6. The van der Waals surface area contributed by atoms with Gasteiger partial charge in [-0.2, -0.15) is 0 Å². The van der Waals surface area contributed by atoms with Crippen molar-refractivity contribution in [3.8, 4) is 0 Å². The lowest BCUT2D eigenvalue weighted by Gasteiger charge is -2.28. The summed E-state index contributed by atoms with van der Waals surface area (Å²) in [5.74, 6) is -4.87. The Kier molecular flexibility index (Phi) is 20.1. The second-order valence-electron chi connectivity index (χ2n) is 10.9. The number of nitrogens with zero attached hydrogens (tertiary/aromatic N) is 1. The largest absolute Gasteiger partial charge is 0.391 e. The number of hydrogen-bond acceptors (Lipinski definition) is 11. The van der Waals surface area contributed by atoms with Crippen molar-refractivity contribution in [2.24, 2.45) is 33.7 Å². The fourth-order valence-corrected chi connectivity index (χ4v) is 3.94. The van der Waals surface area contributed by atoms with Crippen LogP contribution in [0.1, 0.15) is 65.7 Å². The Labute approximate surface area is 267 Å². The predicted molar refractivity (Wildman–Crippen MR) is 168 cm³/mol. The lowest BCUT2D eigenvalue weighted by Crippen LogP contribution is -2.61. The summed E-state index contributed by atoms with van der Waals surface area (Å²) in [6, 6.07) is -7.14. The summed E-state index contributed by atoms with van der Waals surface area (Å²) >= 11 is 0. The number of nitrogens with two attached hydrogens (primary N) is 5. The zero-order valence-electron chi connectivity index (χ0n) is 26.6. The van der Waals surface area contributed by atoms with E-state index in [1.54, 1.807) is 0 Å². The highest BCUT2D eigenvalue weighted by Crippen LogP contribution is 2.07. The summed E-state index contributed by atoms with van der Waals surface area (Å²) in [7, 11) is 0. The molecule has 0 aromatic heterocycles. The highest BCUT2D eigenvalue weighted by molar-refractivity contribution is 5.96. The zero-order chi connectivity index (χ0) is 35.4. The SMILES string of the molecule is C[C@H](N)C(=O)N[C@@H](CCCN=C(N)N)C(=O)N[C@H](C(=O)N[C@@H](CCCCN)C(=O)N[C@@H](CCC(N)=O)C(=O)N[C@@H](C)C=O)[C@@H](C)O. The number of aldehydes is 1. The number of unbranched alkanes of at least 4 members (excludes halogenated alkanes) is 1. The fraction of sp³-hybridized carbons (Fsp3) is 0.704. The molecule has 7 atom stereocenters. The number of aliphatic imine (C=N–C) groups is 1. The molecular formula is C27H51N11O8. The number of guanidine groups is 1. The van der Waals surface area contributed by atoms with Gasteiger partial charge in [-0.1, -0.05) is 0 Å². The third kappa shape index (κ3) is 17.2. The summed E-state index contributed by atoms with van der Waals surface area (Å²) in [5, 5.41) is 22.6. The third-order valence-electron chi connectivity index (χ3n) is 6.52. The molecule has 0 heterocycles. The first-order valence-corrected chi connectivity index (χ1v) is 15.0. The number of aliphatic hydroxyl groups is 1. The maximum absolute atomic E-state index is 13.4. The Morgan fingerprint density at radius 1 is 0.717 bits per heavy atom. The maximum atomic E-state index is 13.4. The van der Waals surface area contributed by atoms with Gasteiger partial charge >= 0.3 is 0 Å². The molecule has 262 valence electrons. The Bertz CT molecular complexity index is 1070. The fourth-order valence-electron chi connectivity index (χ4n) is 3.94. The highest BCUT2D eigenvalue weighted by Gasteiger charge is 2.33.